The highest BCUT2D eigenvalue weighted by molar-refractivity contribution is 8.14. The van der Waals surface area contributed by atoms with E-state index in [1.54, 1.807) is 24.3 Å². The average Bonchev–Trinajstić information content (AvgIpc) is 3.89. The van der Waals surface area contributed by atoms with E-state index < -0.39 is 16.2 Å². The maximum Gasteiger partial charge on any atom is 0.254 e. The largest absolute Gasteiger partial charge is 0.748 e. The molecule has 15 heteroatoms. The molecule has 0 radical (unpaired) electrons. The number of aryl methyl sites for hydroxylation is 3. The van der Waals surface area contributed by atoms with E-state index in [1.165, 1.54) is 95.2 Å². The summed E-state index contributed by atoms with van der Waals surface area (Å²) in [5.74, 6) is 2.33. The highest BCUT2D eigenvalue weighted by Gasteiger charge is 2.19. The molecule has 54 heavy (non-hydrogen) atoms. The second-order valence-electron chi connectivity index (χ2n) is 13.9. The maximum absolute atomic E-state index is 11.9. The number of unbranched alkanes of at least 4 members (excludes halogenated alkanes) is 15. The number of hydrogen-bond donors (Lipinski definition) is 0. The zero-order valence-electron chi connectivity index (χ0n) is 33.0. The van der Waals surface area contributed by atoms with Crippen LogP contribution in [0.5, 0.6) is 11.8 Å². The Kier molecular flexibility index (Phi) is 26.3. The molecule has 308 valence electrons. The molecule has 2 atom stereocenters. The van der Waals surface area contributed by atoms with Crippen molar-refractivity contribution in [3.63, 3.8) is 0 Å². The summed E-state index contributed by atoms with van der Waals surface area (Å²) in [5, 5.41) is 10.4. The molecular formula is C39H65N3O9S3. The van der Waals surface area contributed by atoms with Crippen molar-refractivity contribution in [1.29, 1.82) is 0 Å². The van der Waals surface area contributed by atoms with Gasteiger partial charge in [0.15, 0.2) is 17.4 Å². The maximum atomic E-state index is 11.9. The highest BCUT2D eigenvalue weighted by atomic mass is 32.2. The Labute approximate surface area is 332 Å². The molecule has 3 rings (SSSR count). The van der Waals surface area contributed by atoms with Crippen molar-refractivity contribution in [2.45, 2.75) is 161 Å². The van der Waals surface area contributed by atoms with Gasteiger partial charge in [-0.1, -0.05) is 120 Å². The van der Waals surface area contributed by atoms with Crippen LogP contribution in [-0.4, -0.2) is 65.8 Å². The van der Waals surface area contributed by atoms with Gasteiger partial charge in [-0.3, -0.25) is 4.79 Å². The van der Waals surface area contributed by atoms with Crippen LogP contribution in [0.25, 0.3) is 0 Å². The number of rotatable bonds is 31. The number of thiazole rings is 1. The molecule has 0 saturated carbocycles. The molecule has 0 N–H and O–H groups in total. The molecule has 0 amide bonds. The second-order valence-corrected chi connectivity index (χ2v) is 17.5. The van der Waals surface area contributed by atoms with E-state index in [1.807, 2.05) is 13.0 Å². The number of aromatic nitrogens is 3. The van der Waals surface area contributed by atoms with Crippen molar-refractivity contribution in [2.75, 3.05) is 26.1 Å². The molecule has 0 aliphatic rings. The lowest BCUT2D eigenvalue weighted by atomic mass is 10.0. The van der Waals surface area contributed by atoms with Crippen molar-refractivity contribution >= 4 is 38.3 Å². The molecule has 3 aromatic rings. The minimum Gasteiger partial charge on any atom is -0.748 e. The van der Waals surface area contributed by atoms with Gasteiger partial charge in [-0.25, -0.2) is 8.42 Å². The number of carbonyl (C=O) groups is 1. The van der Waals surface area contributed by atoms with Crippen LogP contribution in [0, 0.1) is 6.92 Å². The lowest BCUT2D eigenvalue weighted by Gasteiger charge is -2.20. The SMILES string of the molecule is CCCCCCCCCCCCCCCc1cc(OCC(COCC(CCCCCC[n+]2ccsc2)SC(C)=O)Oc2cc(C)on2)no1.CS(=O)(=O)[O-]. The summed E-state index contributed by atoms with van der Waals surface area (Å²) in [6.07, 6.45) is 26.0. The van der Waals surface area contributed by atoms with Crippen LogP contribution < -0.4 is 14.0 Å². The van der Waals surface area contributed by atoms with Gasteiger partial charge < -0.3 is 27.8 Å². The number of nitrogens with zero attached hydrogens (tertiary/aromatic N) is 3. The van der Waals surface area contributed by atoms with Crippen LogP contribution in [0.3, 0.4) is 0 Å². The average molecular weight is 816 g/mol. The van der Waals surface area contributed by atoms with Gasteiger partial charge in [0.05, 0.1) is 28.7 Å². The fourth-order valence-electron chi connectivity index (χ4n) is 5.81. The molecule has 0 bridgehead atoms. The molecule has 0 aliphatic carbocycles. The summed E-state index contributed by atoms with van der Waals surface area (Å²) < 4.78 is 58.3. The third-order valence-electron chi connectivity index (χ3n) is 8.53. The fourth-order valence-corrected chi connectivity index (χ4v) is 7.36. The quantitative estimate of drug-likeness (QED) is 0.0345. The molecule has 12 nitrogen and oxygen atoms in total. The summed E-state index contributed by atoms with van der Waals surface area (Å²) in [6, 6.07) is 3.61. The Hall–Kier alpha value is -2.46. The minimum atomic E-state index is -3.92. The summed E-state index contributed by atoms with van der Waals surface area (Å²) in [5.41, 5.74) is 2.15. The third kappa shape index (κ3) is 27.2. The van der Waals surface area contributed by atoms with Gasteiger partial charge in [0.1, 0.15) is 24.7 Å². The van der Waals surface area contributed by atoms with Crippen molar-refractivity contribution in [3.8, 4) is 11.8 Å². The summed E-state index contributed by atoms with van der Waals surface area (Å²) in [4.78, 5) is 11.9. The monoisotopic (exact) mass is 815 g/mol. The molecule has 0 aliphatic heterocycles. The Bertz CT molecular complexity index is 1440. The Balaban J connectivity index is 0.00000188. The normalized spacial score (nSPS) is 12.6. The van der Waals surface area contributed by atoms with E-state index in [0.29, 0.717) is 30.4 Å². The van der Waals surface area contributed by atoms with E-state index in [2.05, 4.69) is 38.9 Å². The molecule has 0 spiro atoms. The Morgan fingerprint density at radius 1 is 0.870 bits per heavy atom. The Morgan fingerprint density at radius 3 is 2.07 bits per heavy atom. The van der Waals surface area contributed by atoms with Crippen LogP contribution in [-0.2, 0) is 32.6 Å². The van der Waals surface area contributed by atoms with E-state index >= 15 is 0 Å². The predicted molar refractivity (Wildman–Crippen MR) is 213 cm³/mol. The van der Waals surface area contributed by atoms with Crippen LogP contribution in [0.15, 0.2) is 38.3 Å². The molecule has 3 aromatic heterocycles. The van der Waals surface area contributed by atoms with Crippen molar-refractivity contribution in [3.05, 3.63) is 40.7 Å². The van der Waals surface area contributed by atoms with Gasteiger partial charge in [0.25, 0.3) is 11.8 Å². The van der Waals surface area contributed by atoms with E-state index in [0.717, 1.165) is 50.8 Å². The number of thioether (sulfide) groups is 1. The first-order valence-corrected chi connectivity index (χ1v) is 23.4. The molecular weight excluding hydrogens is 751 g/mol. The van der Waals surface area contributed by atoms with Crippen LogP contribution in [0.2, 0.25) is 0 Å². The molecule has 0 aromatic carbocycles. The van der Waals surface area contributed by atoms with Crippen LogP contribution in [0.4, 0.5) is 0 Å². The molecule has 2 unspecified atom stereocenters. The predicted octanol–water partition coefficient (Wildman–Crippen LogP) is 9.26. The minimum absolute atomic E-state index is 0.0998. The first-order chi connectivity index (χ1) is 26.0. The number of carbonyl (C=O) groups excluding carboxylic acids is 1. The highest BCUT2D eigenvalue weighted by Crippen LogP contribution is 2.21. The standard InChI is InChI=1S/C38H62N3O6S2.CH4O3S/c1-4-5-6-7-8-9-10-11-12-13-14-15-18-21-34-27-37(39-47-34)44-29-35(45-38-26-32(2)46-40-38)28-43-30-36(49-33(3)42)22-19-16-17-20-23-41-24-25-48-31-41;1-5(2,3)4/h24-27,31,35-36H,4-23,28-30H2,1-3H3;1H3,(H,2,3,4)/q+1;/p-1. The first kappa shape index (κ1) is 47.7. The smallest absolute Gasteiger partial charge is 0.254 e. The van der Waals surface area contributed by atoms with Crippen LogP contribution in [0.1, 0.15) is 141 Å². The summed E-state index contributed by atoms with van der Waals surface area (Å²) in [7, 11) is -3.92. The third-order valence-corrected chi connectivity index (χ3v) is 10.2. The summed E-state index contributed by atoms with van der Waals surface area (Å²) >= 11 is 3.08. The number of hydrogen-bond acceptors (Lipinski definition) is 13. The fraction of sp³-hybridized carbons (Fsp3) is 0.744. The topological polar surface area (TPSA) is 158 Å². The second kappa shape index (κ2) is 29.8. The van der Waals surface area contributed by atoms with Gasteiger partial charge in [0.2, 0.25) is 5.51 Å². The van der Waals surface area contributed by atoms with Crippen LogP contribution >= 0.6 is 23.1 Å². The molecule has 0 saturated heterocycles. The zero-order valence-corrected chi connectivity index (χ0v) is 35.5. The van der Waals surface area contributed by atoms with E-state index in [9.17, 15) is 4.79 Å². The zero-order chi connectivity index (χ0) is 39.3. The summed E-state index contributed by atoms with van der Waals surface area (Å²) in [6.45, 7) is 7.72. The van der Waals surface area contributed by atoms with E-state index in [4.69, 9.17) is 36.2 Å². The van der Waals surface area contributed by atoms with Gasteiger partial charge in [-0.05, 0) is 36.5 Å². The first-order valence-electron chi connectivity index (χ1n) is 19.8. The lowest BCUT2D eigenvalue weighted by Crippen LogP contribution is -2.31. The number of ether oxygens (including phenoxy) is 3. The lowest BCUT2D eigenvalue weighted by molar-refractivity contribution is -0.692. The molecule has 3 heterocycles. The van der Waals surface area contributed by atoms with Gasteiger partial charge in [-0.2, -0.15) is 4.57 Å². The van der Waals surface area contributed by atoms with E-state index in [-0.39, 0.29) is 23.6 Å². The van der Waals surface area contributed by atoms with Crippen molar-refractivity contribution < 1.29 is 45.6 Å². The van der Waals surface area contributed by atoms with Crippen molar-refractivity contribution in [1.82, 2.24) is 10.3 Å². The van der Waals surface area contributed by atoms with Gasteiger partial charge in [-0.15, -0.1) is 0 Å². The van der Waals surface area contributed by atoms with Crippen molar-refractivity contribution in [2.24, 2.45) is 0 Å². The van der Waals surface area contributed by atoms with Gasteiger partial charge in [0, 0.05) is 43.4 Å². The molecule has 0 fully saturated rings. The van der Waals surface area contributed by atoms with Gasteiger partial charge >= 0.3 is 0 Å². The Morgan fingerprint density at radius 2 is 1.48 bits per heavy atom.